The van der Waals surface area contributed by atoms with Gasteiger partial charge in [0.15, 0.2) is 0 Å². The molecule has 1 saturated carbocycles. The fraction of sp³-hybridized carbons (Fsp3) is 0.400. The molecule has 0 saturated heterocycles. The van der Waals surface area contributed by atoms with Crippen molar-refractivity contribution < 1.29 is 18.7 Å². The average Bonchev–Trinajstić information content (AvgIpc) is 3.50. The molecule has 1 aromatic heterocycles. The maximum absolute atomic E-state index is 12.9. The van der Waals surface area contributed by atoms with Gasteiger partial charge in [-0.3, -0.25) is 14.9 Å². The van der Waals surface area contributed by atoms with Crippen LogP contribution in [0, 0.1) is 12.8 Å². The molecule has 1 aromatic carbocycles. The van der Waals surface area contributed by atoms with Gasteiger partial charge in [-0.1, -0.05) is 17.7 Å². The third-order valence-corrected chi connectivity index (χ3v) is 4.57. The largest absolute Gasteiger partial charge is 0.491 e. The number of nitrogens with one attached hydrogen (secondary N) is 2. The summed E-state index contributed by atoms with van der Waals surface area (Å²) in [6.45, 7) is 3.24. The summed E-state index contributed by atoms with van der Waals surface area (Å²) in [5, 5.41) is 5.78. The smallest absolute Gasteiger partial charge is 0.270 e. The number of amides is 2. The molecule has 2 amide bonds. The van der Waals surface area contributed by atoms with E-state index in [-0.39, 0.29) is 36.6 Å². The topological polar surface area (TPSA) is 93.2 Å². The summed E-state index contributed by atoms with van der Waals surface area (Å²) in [7, 11) is 0. The molecule has 154 valence electrons. The maximum atomic E-state index is 12.9. The minimum atomic E-state index is -1.08. The zero-order chi connectivity index (χ0) is 21.0. The maximum Gasteiger partial charge on any atom is 0.270 e. The predicted octanol–water partition coefficient (Wildman–Crippen LogP) is 3.45. The van der Waals surface area contributed by atoms with Gasteiger partial charge in [0.2, 0.25) is 11.9 Å². The SMILES string of the molecule is Cc1cc(C(=O)NCc2ccc(OC[C@@H](C)F)cc2Cl)nc(NC(=O)C2CC2)n1. The highest BCUT2D eigenvalue weighted by molar-refractivity contribution is 6.31. The summed E-state index contributed by atoms with van der Waals surface area (Å²) in [6.07, 6.45) is 0.646. The number of nitrogens with zero attached hydrogens (tertiary/aromatic N) is 2. The summed E-state index contributed by atoms with van der Waals surface area (Å²) in [6, 6.07) is 6.48. The van der Waals surface area contributed by atoms with Crippen molar-refractivity contribution in [3.8, 4) is 5.75 Å². The van der Waals surface area contributed by atoms with Crippen LogP contribution in [0.25, 0.3) is 0 Å². The molecule has 1 atom stereocenters. The van der Waals surface area contributed by atoms with E-state index in [9.17, 15) is 14.0 Å². The summed E-state index contributed by atoms with van der Waals surface area (Å²) in [5.41, 5.74) is 1.39. The van der Waals surface area contributed by atoms with Gasteiger partial charge in [-0.15, -0.1) is 0 Å². The van der Waals surface area contributed by atoms with Crippen LogP contribution in [0.4, 0.5) is 10.3 Å². The molecule has 2 aromatic rings. The van der Waals surface area contributed by atoms with Gasteiger partial charge in [-0.25, -0.2) is 14.4 Å². The van der Waals surface area contributed by atoms with Crippen molar-refractivity contribution >= 4 is 29.4 Å². The van der Waals surface area contributed by atoms with Crippen LogP contribution in [0.15, 0.2) is 24.3 Å². The molecule has 1 fully saturated rings. The quantitative estimate of drug-likeness (QED) is 0.682. The number of anilines is 1. The van der Waals surface area contributed by atoms with E-state index in [0.29, 0.717) is 22.0 Å². The molecule has 0 bridgehead atoms. The number of aryl methyl sites for hydroxylation is 1. The number of ether oxygens (including phenoxy) is 1. The van der Waals surface area contributed by atoms with Crippen molar-refractivity contribution in [2.24, 2.45) is 5.92 Å². The zero-order valence-electron chi connectivity index (χ0n) is 16.2. The van der Waals surface area contributed by atoms with Gasteiger partial charge in [-0.2, -0.15) is 0 Å². The molecule has 0 radical (unpaired) electrons. The molecule has 9 heteroatoms. The summed E-state index contributed by atoms with van der Waals surface area (Å²) in [5.74, 6) is 0.0441. The molecule has 0 aliphatic heterocycles. The number of aromatic nitrogens is 2. The normalized spacial score (nSPS) is 14.2. The molecule has 0 spiro atoms. The number of benzene rings is 1. The van der Waals surface area contributed by atoms with Gasteiger partial charge in [0.25, 0.3) is 5.91 Å². The molecule has 7 nitrogen and oxygen atoms in total. The highest BCUT2D eigenvalue weighted by Gasteiger charge is 2.30. The summed E-state index contributed by atoms with van der Waals surface area (Å²) < 4.78 is 18.1. The molecule has 2 N–H and O–H groups in total. The Balaban J connectivity index is 1.61. The van der Waals surface area contributed by atoms with E-state index in [1.54, 1.807) is 31.2 Å². The first-order valence-electron chi connectivity index (χ1n) is 9.32. The Morgan fingerprint density at radius 2 is 2.07 bits per heavy atom. The van der Waals surface area contributed by atoms with Crippen LogP contribution >= 0.6 is 11.6 Å². The number of carbonyl (C=O) groups is 2. The lowest BCUT2D eigenvalue weighted by molar-refractivity contribution is -0.117. The summed E-state index contributed by atoms with van der Waals surface area (Å²) in [4.78, 5) is 32.7. The van der Waals surface area contributed by atoms with Crippen molar-refractivity contribution in [2.45, 2.75) is 39.4 Å². The van der Waals surface area contributed by atoms with Crippen molar-refractivity contribution in [2.75, 3.05) is 11.9 Å². The fourth-order valence-corrected chi connectivity index (χ4v) is 2.77. The van der Waals surface area contributed by atoms with Gasteiger partial charge in [0.1, 0.15) is 24.2 Å². The van der Waals surface area contributed by atoms with E-state index < -0.39 is 12.1 Å². The van der Waals surface area contributed by atoms with Crippen molar-refractivity contribution in [3.63, 3.8) is 0 Å². The second-order valence-corrected chi connectivity index (χ2v) is 7.42. The van der Waals surface area contributed by atoms with Crippen molar-refractivity contribution in [3.05, 3.63) is 46.2 Å². The van der Waals surface area contributed by atoms with Gasteiger partial charge in [0.05, 0.1) is 0 Å². The van der Waals surface area contributed by atoms with E-state index >= 15 is 0 Å². The second-order valence-electron chi connectivity index (χ2n) is 7.01. The van der Waals surface area contributed by atoms with E-state index in [0.717, 1.165) is 12.8 Å². The Labute approximate surface area is 173 Å². The van der Waals surface area contributed by atoms with E-state index in [2.05, 4.69) is 20.6 Å². The third kappa shape index (κ3) is 6.12. The van der Waals surface area contributed by atoms with Gasteiger partial charge >= 0.3 is 0 Å². The number of carbonyl (C=O) groups excluding carboxylic acids is 2. The highest BCUT2D eigenvalue weighted by atomic mass is 35.5. The van der Waals surface area contributed by atoms with Crippen molar-refractivity contribution in [1.29, 1.82) is 0 Å². The minimum absolute atomic E-state index is 0.0126. The molecule has 3 rings (SSSR count). The third-order valence-electron chi connectivity index (χ3n) is 4.21. The predicted molar refractivity (Wildman–Crippen MR) is 107 cm³/mol. The number of alkyl halides is 1. The lowest BCUT2D eigenvalue weighted by Crippen LogP contribution is -2.25. The number of halogens is 2. The van der Waals surface area contributed by atoms with Crippen LogP contribution < -0.4 is 15.4 Å². The van der Waals surface area contributed by atoms with Crippen LogP contribution in [0.3, 0.4) is 0 Å². The van der Waals surface area contributed by atoms with Crippen LogP contribution in [0.5, 0.6) is 5.75 Å². The Morgan fingerprint density at radius 3 is 2.72 bits per heavy atom. The van der Waals surface area contributed by atoms with Gasteiger partial charge < -0.3 is 10.1 Å². The Bertz CT molecular complexity index is 919. The monoisotopic (exact) mass is 420 g/mol. The first kappa shape index (κ1) is 21.0. The number of rotatable bonds is 8. The lowest BCUT2D eigenvalue weighted by atomic mass is 10.2. The molecule has 0 unspecified atom stereocenters. The average molecular weight is 421 g/mol. The molecular formula is C20H22ClFN4O3. The van der Waals surface area contributed by atoms with E-state index in [1.807, 2.05) is 0 Å². The first-order chi connectivity index (χ1) is 13.8. The Morgan fingerprint density at radius 1 is 1.31 bits per heavy atom. The lowest BCUT2D eigenvalue weighted by Gasteiger charge is -2.11. The van der Waals surface area contributed by atoms with Crippen LogP contribution in [-0.4, -0.2) is 34.6 Å². The summed E-state index contributed by atoms with van der Waals surface area (Å²) >= 11 is 6.22. The Hall–Kier alpha value is -2.74. The standard InChI is InChI=1S/C20H22ClFN4O3/c1-11(22)10-29-15-6-5-14(16(21)8-15)9-23-19(28)17-7-12(2)24-20(25-17)26-18(27)13-3-4-13/h5-8,11,13H,3-4,9-10H2,1-2H3,(H,23,28)(H,24,25,26,27)/t11-/m1/s1. The molecule has 29 heavy (non-hydrogen) atoms. The van der Waals surface area contributed by atoms with Crippen LogP contribution in [-0.2, 0) is 11.3 Å². The zero-order valence-corrected chi connectivity index (χ0v) is 16.9. The van der Waals surface area contributed by atoms with Gasteiger partial charge in [0, 0.05) is 23.2 Å². The number of hydrogen-bond acceptors (Lipinski definition) is 5. The molecule has 1 aliphatic carbocycles. The van der Waals surface area contributed by atoms with Crippen molar-refractivity contribution in [1.82, 2.24) is 15.3 Å². The second kappa shape index (κ2) is 9.17. The minimum Gasteiger partial charge on any atom is -0.491 e. The first-order valence-corrected chi connectivity index (χ1v) is 9.69. The number of hydrogen-bond donors (Lipinski definition) is 2. The van der Waals surface area contributed by atoms with Crippen LogP contribution in [0.2, 0.25) is 5.02 Å². The fourth-order valence-electron chi connectivity index (χ4n) is 2.54. The van der Waals surface area contributed by atoms with E-state index in [4.69, 9.17) is 16.3 Å². The Kier molecular flexibility index (Phi) is 6.64. The van der Waals surface area contributed by atoms with E-state index in [1.165, 1.54) is 6.92 Å². The highest BCUT2D eigenvalue weighted by Crippen LogP contribution is 2.29. The molecule has 1 aliphatic rings. The molecule has 1 heterocycles. The molecular weight excluding hydrogens is 399 g/mol. The van der Waals surface area contributed by atoms with Crippen LogP contribution in [0.1, 0.15) is 41.5 Å². The van der Waals surface area contributed by atoms with Gasteiger partial charge in [-0.05, 0) is 50.5 Å².